The van der Waals surface area contributed by atoms with Gasteiger partial charge in [0, 0.05) is 6.54 Å². The Hall–Kier alpha value is -3.59. The molecule has 2 rings (SSSR count). The van der Waals surface area contributed by atoms with E-state index in [1.54, 1.807) is 32.9 Å². The van der Waals surface area contributed by atoms with Crippen molar-refractivity contribution in [3.05, 3.63) is 63.7 Å². The van der Waals surface area contributed by atoms with E-state index in [9.17, 15) is 19.2 Å². The Bertz CT molecular complexity index is 1250. The molecule has 0 saturated carbocycles. The van der Waals surface area contributed by atoms with Gasteiger partial charge in [-0.15, -0.1) is 0 Å². The van der Waals surface area contributed by atoms with Crippen LogP contribution in [0.3, 0.4) is 0 Å². The monoisotopic (exact) mass is 614 g/mol. The van der Waals surface area contributed by atoms with Crippen LogP contribution in [0.1, 0.15) is 94.5 Å². The number of ether oxygens (including phenoxy) is 1. The number of benzene rings is 2. The van der Waals surface area contributed by atoms with E-state index >= 15 is 0 Å². The molecule has 2 aromatic carbocycles. The van der Waals surface area contributed by atoms with Gasteiger partial charge in [0.1, 0.15) is 17.7 Å². The number of nitrogens with zero attached hydrogens (tertiary/aromatic N) is 1. The highest BCUT2D eigenvalue weighted by molar-refractivity contribution is 6.34. The Morgan fingerprint density at radius 3 is 2.16 bits per heavy atom. The number of amides is 4. The minimum absolute atomic E-state index is 0.209. The second-order valence-corrected chi connectivity index (χ2v) is 12.5. The topological polar surface area (TPSA) is 131 Å². The first-order valence-electron chi connectivity index (χ1n) is 14.9. The lowest BCUT2D eigenvalue weighted by Crippen LogP contribution is -2.53. The van der Waals surface area contributed by atoms with Gasteiger partial charge in [0.15, 0.2) is 0 Å². The van der Waals surface area contributed by atoms with Gasteiger partial charge in [0.05, 0.1) is 17.1 Å². The molecule has 0 heterocycles. The third-order valence-corrected chi connectivity index (χ3v) is 7.08. The van der Waals surface area contributed by atoms with Gasteiger partial charge >= 0.3 is 6.09 Å². The van der Waals surface area contributed by atoms with Crippen LogP contribution < -0.4 is 16.4 Å². The van der Waals surface area contributed by atoms with Gasteiger partial charge in [0.25, 0.3) is 5.91 Å². The van der Waals surface area contributed by atoms with Crippen molar-refractivity contribution < 1.29 is 23.9 Å². The van der Waals surface area contributed by atoms with E-state index in [1.807, 2.05) is 45.0 Å². The van der Waals surface area contributed by atoms with Gasteiger partial charge in [-0.3, -0.25) is 14.4 Å². The number of alkyl carbamates (subject to hydrolysis) is 1. The molecule has 0 radical (unpaired) electrons. The second-order valence-electron chi connectivity index (χ2n) is 12.1. The number of nitrogens with two attached hydrogens (primary N) is 1. The maximum Gasteiger partial charge on any atom is 0.408 e. The summed E-state index contributed by atoms with van der Waals surface area (Å²) in [7, 11) is 0. The summed E-state index contributed by atoms with van der Waals surface area (Å²) in [6, 6.07) is 8.56. The van der Waals surface area contributed by atoms with Crippen molar-refractivity contribution in [2.75, 3.05) is 11.9 Å². The van der Waals surface area contributed by atoms with E-state index in [1.165, 1.54) is 4.90 Å². The Morgan fingerprint density at radius 2 is 1.60 bits per heavy atom. The van der Waals surface area contributed by atoms with Crippen LogP contribution >= 0.6 is 11.6 Å². The van der Waals surface area contributed by atoms with E-state index < -0.39 is 47.9 Å². The molecule has 4 amide bonds. The number of para-hydroxylation sites is 1. The third-order valence-electron chi connectivity index (χ3n) is 6.77. The van der Waals surface area contributed by atoms with Crippen LogP contribution in [0.25, 0.3) is 0 Å². The number of halogens is 1. The molecule has 2 unspecified atom stereocenters. The molecule has 0 fully saturated rings. The Morgan fingerprint density at radius 1 is 0.977 bits per heavy atom. The lowest BCUT2D eigenvalue weighted by Gasteiger charge is -2.35. The number of anilines is 1. The van der Waals surface area contributed by atoms with E-state index in [-0.39, 0.29) is 6.54 Å². The van der Waals surface area contributed by atoms with Crippen LogP contribution in [0, 0.1) is 20.8 Å². The molecule has 4 N–H and O–H groups in total. The van der Waals surface area contributed by atoms with Crippen LogP contribution in [0.2, 0.25) is 5.02 Å². The van der Waals surface area contributed by atoms with Crippen molar-refractivity contribution >= 4 is 41.1 Å². The highest BCUT2D eigenvalue weighted by atomic mass is 35.5. The molecule has 0 spiro atoms. The maximum absolute atomic E-state index is 14.3. The second kappa shape index (κ2) is 16.3. The molecule has 2 aromatic rings. The lowest BCUT2D eigenvalue weighted by atomic mass is 9.97. The summed E-state index contributed by atoms with van der Waals surface area (Å²) < 4.78 is 5.37. The fourth-order valence-corrected chi connectivity index (χ4v) is 5.19. The van der Waals surface area contributed by atoms with Crippen molar-refractivity contribution in [2.24, 2.45) is 5.73 Å². The number of unbranched alkanes of at least 4 members (excludes halogenated alkanes) is 4. The molecule has 0 aromatic heterocycles. The number of rotatable bonds is 14. The van der Waals surface area contributed by atoms with Crippen LogP contribution in [-0.2, 0) is 19.1 Å². The van der Waals surface area contributed by atoms with Gasteiger partial charge in [-0.2, -0.15) is 0 Å². The predicted molar refractivity (Wildman–Crippen MR) is 171 cm³/mol. The molecule has 10 heteroatoms. The minimum Gasteiger partial charge on any atom is -0.444 e. The van der Waals surface area contributed by atoms with Crippen molar-refractivity contribution in [1.82, 2.24) is 10.2 Å². The minimum atomic E-state index is -1.34. The van der Waals surface area contributed by atoms with Gasteiger partial charge in [-0.25, -0.2) is 4.79 Å². The molecule has 236 valence electrons. The van der Waals surface area contributed by atoms with Gasteiger partial charge in [0.2, 0.25) is 11.8 Å². The summed E-state index contributed by atoms with van der Waals surface area (Å²) in [4.78, 5) is 54.8. The van der Waals surface area contributed by atoms with Crippen LogP contribution in [-0.4, -0.2) is 46.9 Å². The van der Waals surface area contributed by atoms with E-state index in [0.29, 0.717) is 22.7 Å². The fourth-order valence-electron chi connectivity index (χ4n) is 4.93. The molecule has 0 bridgehead atoms. The average Bonchev–Trinajstić information content (AvgIpc) is 2.87. The van der Waals surface area contributed by atoms with Crippen LogP contribution in [0.5, 0.6) is 0 Å². The number of hydrogen-bond acceptors (Lipinski definition) is 5. The van der Waals surface area contributed by atoms with E-state index in [0.717, 1.165) is 42.4 Å². The summed E-state index contributed by atoms with van der Waals surface area (Å²) in [5.41, 5.74) is 8.31. The van der Waals surface area contributed by atoms with Gasteiger partial charge < -0.3 is 26.0 Å². The van der Waals surface area contributed by atoms with Crippen molar-refractivity contribution in [3.8, 4) is 0 Å². The summed E-state index contributed by atoms with van der Waals surface area (Å²) in [6.45, 7) is 13.1. The van der Waals surface area contributed by atoms with Gasteiger partial charge in [-0.05, 0) is 65.2 Å². The summed E-state index contributed by atoms with van der Waals surface area (Å²) in [5, 5.41) is 5.84. The normalized spacial score (nSPS) is 12.7. The summed E-state index contributed by atoms with van der Waals surface area (Å²) >= 11 is 6.46. The quantitative estimate of drug-likeness (QED) is 0.209. The number of carbonyl (C=O) groups is 4. The Kier molecular flexibility index (Phi) is 13.5. The molecule has 9 nitrogen and oxygen atoms in total. The SMILES string of the molecule is CCCCCCCN(C(=O)C(CC(N)=O)NC(=O)OC(C)(C)C)C(C(=O)Nc1c(C)cccc1Cl)c1cc(C)cc(C)c1. The lowest BCUT2D eigenvalue weighted by molar-refractivity contribution is -0.142. The largest absolute Gasteiger partial charge is 0.444 e. The smallest absolute Gasteiger partial charge is 0.408 e. The summed E-state index contributed by atoms with van der Waals surface area (Å²) in [5.74, 6) is -1.87. The zero-order valence-corrected chi connectivity index (χ0v) is 27.3. The first-order chi connectivity index (χ1) is 20.1. The maximum atomic E-state index is 14.3. The number of carbonyl (C=O) groups excluding carboxylic acids is 4. The predicted octanol–water partition coefficient (Wildman–Crippen LogP) is 6.51. The standard InChI is InChI=1S/C33H47ClN4O5/c1-8-9-10-11-12-16-38(31(41)26(20-27(35)39)36-32(42)43-33(5,6)7)29(24-18-21(2)17-22(3)19-24)30(40)37-28-23(4)14-13-15-25(28)34/h13-15,17-19,26,29H,8-12,16,20H2,1-7H3,(H2,35,39)(H,36,42)(H,37,40). The zero-order valence-electron chi connectivity index (χ0n) is 26.5. The summed E-state index contributed by atoms with van der Waals surface area (Å²) in [6.07, 6.45) is 3.19. The van der Waals surface area contributed by atoms with Crippen molar-refractivity contribution in [1.29, 1.82) is 0 Å². The van der Waals surface area contributed by atoms with E-state index in [4.69, 9.17) is 22.1 Å². The van der Waals surface area contributed by atoms with Crippen molar-refractivity contribution in [3.63, 3.8) is 0 Å². The molecule has 0 saturated heterocycles. The number of nitrogens with one attached hydrogen (secondary N) is 2. The highest BCUT2D eigenvalue weighted by Crippen LogP contribution is 2.31. The van der Waals surface area contributed by atoms with Crippen LogP contribution in [0.15, 0.2) is 36.4 Å². The van der Waals surface area contributed by atoms with Crippen molar-refractivity contribution in [2.45, 2.75) is 105 Å². The number of hydrogen-bond donors (Lipinski definition) is 3. The molecule has 0 aliphatic heterocycles. The van der Waals surface area contributed by atoms with E-state index in [2.05, 4.69) is 17.6 Å². The first kappa shape index (κ1) is 35.6. The number of primary amides is 1. The molecule has 2 atom stereocenters. The highest BCUT2D eigenvalue weighted by Gasteiger charge is 2.37. The number of aryl methyl sites for hydroxylation is 3. The average molecular weight is 615 g/mol. The molecular formula is C33H47ClN4O5. The van der Waals surface area contributed by atoms with Crippen LogP contribution in [0.4, 0.5) is 10.5 Å². The Labute approximate surface area is 260 Å². The molecule has 0 aliphatic rings. The molecule has 43 heavy (non-hydrogen) atoms. The third kappa shape index (κ3) is 11.5. The first-order valence-corrected chi connectivity index (χ1v) is 15.2. The zero-order chi connectivity index (χ0) is 32.3. The fraction of sp³-hybridized carbons (Fsp3) is 0.515. The molecule has 0 aliphatic carbocycles. The Balaban J connectivity index is 2.63. The van der Waals surface area contributed by atoms with Gasteiger partial charge in [-0.1, -0.05) is 85.7 Å². The molecular weight excluding hydrogens is 568 g/mol.